The molecule has 0 aliphatic heterocycles. The molecule has 0 amide bonds. The van der Waals surface area contributed by atoms with E-state index in [1.807, 2.05) is 0 Å². The summed E-state index contributed by atoms with van der Waals surface area (Å²) in [6, 6.07) is 0. The number of aliphatic hydroxyl groups is 1. The van der Waals surface area contributed by atoms with Gasteiger partial charge >= 0.3 is 5.97 Å². The molecule has 0 aromatic rings. The van der Waals surface area contributed by atoms with Crippen molar-refractivity contribution in [2.24, 2.45) is 52.3 Å². The van der Waals surface area contributed by atoms with Gasteiger partial charge in [-0.05, 0) is 104 Å². The van der Waals surface area contributed by atoms with E-state index in [0.717, 1.165) is 30.6 Å². The Morgan fingerprint density at radius 2 is 1.86 bits per heavy atom. The van der Waals surface area contributed by atoms with Gasteiger partial charge in [0.25, 0.3) is 0 Å². The summed E-state index contributed by atoms with van der Waals surface area (Å²) in [5.41, 5.74) is 0.480. The molecular weight excluding hydrogens is 360 g/mol. The van der Waals surface area contributed by atoms with Crippen LogP contribution < -0.4 is 0 Å². The first-order chi connectivity index (χ1) is 13.7. The van der Waals surface area contributed by atoms with E-state index in [1.54, 1.807) is 0 Å². The third-order valence-corrected chi connectivity index (χ3v) is 10.8. The fourth-order valence-corrected chi connectivity index (χ4v) is 9.05. The van der Waals surface area contributed by atoms with Gasteiger partial charge in [-0.1, -0.05) is 34.1 Å². The number of ether oxygens (including phenoxy) is 1. The number of rotatable bonds is 4. The summed E-state index contributed by atoms with van der Waals surface area (Å²) in [6.45, 7) is 9.74. The van der Waals surface area contributed by atoms with Gasteiger partial charge in [-0.2, -0.15) is 0 Å². The highest BCUT2D eigenvalue weighted by Crippen LogP contribution is 2.68. The van der Waals surface area contributed by atoms with Crippen LogP contribution in [0.3, 0.4) is 0 Å². The Morgan fingerprint density at radius 1 is 1.10 bits per heavy atom. The lowest BCUT2D eigenvalue weighted by molar-refractivity contribution is -0.171. The lowest BCUT2D eigenvalue weighted by atomic mass is 9.43. The first kappa shape index (κ1) is 21.7. The Morgan fingerprint density at radius 3 is 2.59 bits per heavy atom. The summed E-state index contributed by atoms with van der Waals surface area (Å²) in [7, 11) is 1.48. The number of hydrogen-bond acceptors (Lipinski definition) is 3. The molecule has 29 heavy (non-hydrogen) atoms. The molecular formula is C26H44O3. The largest absolute Gasteiger partial charge is 0.469 e. The average molecular weight is 405 g/mol. The summed E-state index contributed by atoms with van der Waals surface area (Å²) in [6.07, 6.45) is 11.7. The van der Waals surface area contributed by atoms with Crippen LogP contribution >= 0.6 is 0 Å². The summed E-state index contributed by atoms with van der Waals surface area (Å²) >= 11 is 0. The van der Waals surface area contributed by atoms with Gasteiger partial charge in [0.2, 0.25) is 0 Å². The van der Waals surface area contributed by atoms with E-state index in [1.165, 1.54) is 52.1 Å². The van der Waals surface area contributed by atoms with E-state index in [4.69, 9.17) is 4.74 Å². The van der Waals surface area contributed by atoms with Gasteiger partial charge < -0.3 is 9.84 Å². The maximum atomic E-state index is 11.7. The van der Waals surface area contributed by atoms with Crippen LogP contribution in [0.5, 0.6) is 0 Å². The number of fused-ring (bicyclic) bond motifs is 5. The zero-order valence-corrected chi connectivity index (χ0v) is 19.5. The van der Waals surface area contributed by atoms with Gasteiger partial charge in [0.15, 0.2) is 0 Å². The van der Waals surface area contributed by atoms with Crippen molar-refractivity contribution in [2.75, 3.05) is 7.11 Å². The van der Waals surface area contributed by atoms with E-state index in [-0.39, 0.29) is 17.5 Å². The maximum Gasteiger partial charge on any atom is 0.305 e. The van der Waals surface area contributed by atoms with Gasteiger partial charge in [0.1, 0.15) is 0 Å². The van der Waals surface area contributed by atoms with E-state index >= 15 is 0 Å². The number of carbonyl (C=O) groups excluding carboxylic acids is 1. The number of aliphatic hydroxyl groups excluding tert-OH is 1. The fourth-order valence-electron chi connectivity index (χ4n) is 9.05. The zero-order chi connectivity index (χ0) is 21.0. The Bertz CT molecular complexity index is 617. The molecule has 0 aromatic carbocycles. The lowest BCUT2D eigenvalue weighted by Crippen LogP contribution is -2.58. The Kier molecular flexibility index (Phi) is 5.86. The highest BCUT2D eigenvalue weighted by Gasteiger charge is 2.63. The van der Waals surface area contributed by atoms with Gasteiger partial charge in [-0.15, -0.1) is 0 Å². The molecule has 3 nitrogen and oxygen atoms in total. The van der Waals surface area contributed by atoms with Crippen molar-refractivity contribution >= 4 is 5.97 Å². The maximum absolute atomic E-state index is 11.7. The highest BCUT2D eigenvalue weighted by molar-refractivity contribution is 5.69. The standard InChI is InChI=1S/C26H44O3/c1-16-12-13-25(3)18(14-16)7-8-19-21-10-9-20(17(2)6-11-24(28)29-5)26(21,4)23(27)15-22(19)25/h16-23,27H,6-15H2,1-5H3/t16-,17-,18-,19?,20-,21+,22+,23+,25+,26-/m1/s1. The number of esters is 1. The van der Waals surface area contributed by atoms with Crippen LogP contribution in [0.4, 0.5) is 0 Å². The summed E-state index contributed by atoms with van der Waals surface area (Å²) in [4.78, 5) is 11.7. The van der Waals surface area contributed by atoms with Crippen molar-refractivity contribution in [1.82, 2.24) is 0 Å². The van der Waals surface area contributed by atoms with Gasteiger partial charge in [0.05, 0.1) is 13.2 Å². The van der Waals surface area contributed by atoms with E-state index in [9.17, 15) is 9.90 Å². The minimum absolute atomic E-state index is 0.0296. The molecule has 0 saturated heterocycles. The quantitative estimate of drug-likeness (QED) is 0.599. The van der Waals surface area contributed by atoms with Crippen LogP contribution in [0.15, 0.2) is 0 Å². The van der Waals surface area contributed by atoms with Crippen molar-refractivity contribution in [3.8, 4) is 0 Å². The molecule has 0 spiro atoms. The Labute approximate surface area is 178 Å². The smallest absolute Gasteiger partial charge is 0.305 e. The van der Waals surface area contributed by atoms with Gasteiger partial charge in [0, 0.05) is 6.42 Å². The fraction of sp³-hybridized carbons (Fsp3) is 0.962. The molecule has 1 N–H and O–H groups in total. The van der Waals surface area contributed by atoms with Crippen LogP contribution in [-0.2, 0) is 9.53 Å². The minimum Gasteiger partial charge on any atom is -0.469 e. The molecule has 4 aliphatic carbocycles. The predicted octanol–water partition coefficient (Wildman–Crippen LogP) is 5.84. The molecule has 4 saturated carbocycles. The third kappa shape index (κ3) is 3.38. The lowest BCUT2D eigenvalue weighted by Gasteiger charge is -2.62. The number of hydrogen-bond donors (Lipinski definition) is 1. The summed E-state index contributed by atoms with van der Waals surface area (Å²) < 4.78 is 4.87. The van der Waals surface area contributed by atoms with Gasteiger partial charge in [-0.25, -0.2) is 0 Å². The van der Waals surface area contributed by atoms with E-state index < -0.39 is 0 Å². The molecule has 0 aromatic heterocycles. The molecule has 0 radical (unpaired) electrons. The van der Waals surface area contributed by atoms with E-state index in [2.05, 4.69) is 27.7 Å². The molecule has 4 aliphatic rings. The molecule has 4 fully saturated rings. The van der Waals surface area contributed by atoms with Crippen LogP contribution in [-0.4, -0.2) is 24.3 Å². The Balaban J connectivity index is 1.53. The van der Waals surface area contributed by atoms with Crippen molar-refractivity contribution in [3.63, 3.8) is 0 Å². The second-order valence-electron chi connectivity index (χ2n) is 11.9. The minimum atomic E-state index is -0.184. The van der Waals surface area contributed by atoms with Crippen molar-refractivity contribution < 1.29 is 14.6 Å². The molecule has 166 valence electrons. The van der Waals surface area contributed by atoms with Crippen LogP contribution in [0, 0.1) is 52.3 Å². The topological polar surface area (TPSA) is 46.5 Å². The van der Waals surface area contributed by atoms with E-state index in [0.29, 0.717) is 35.5 Å². The zero-order valence-electron chi connectivity index (χ0n) is 19.5. The predicted molar refractivity (Wildman–Crippen MR) is 116 cm³/mol. The molecule has 10 atom stereocenters. The second kappa shape index (κ2) is 7.84. The first-order valence-corrected chi connectivity index (χ1v) is 12.5. The van der Waals surface area contributed by atoms with Crippen LogP contribution in [0.1, 0.15) is 91.9 Å². The summed E-state index contributed by atoms with van der Waals surface area (Å²) in [5, 5.41) is 11.6. The van der Waals surface area contributed by atoms with Crippen LogP contribution in [0.25, 0.3) is 0 Å². The summed E-state index contributed by atoms with van der Waals surface area (Å²) in [5.74, 6) is 4.84. The van der Waals surface area contributed by atoms with Crippen molar-refractivity contribution in [2.45, 2.75) is 98.0 Å². The van der Waals surface area contributed by atoms with Crippen molar-refractivity contribution in [3.05, 3.63) is 0 Å². The first-order valence-electron chi connectivity index (χ1n) is 12.5. The van der Waals surface area contributed by atoms with Gasteiger partial charge in [-0.3, -0.25) is 4.79 Å². The van der Waals surface area contributed by atoms with Crippen molar-refractivity contribution in [1.29, 1.82) is 0 Å². The molecule has 4 rings (SSSR count). The number of methoxy groups -OCH3 is 1. The SMILES string of the molecule is COC(=O)CC[C@@H](C)[C@H]1CC[C@H]2C3CC[C@@H]4C[C@H](C)CC[C@]4(C)[C@H]3C[C@H](O)[C@]12C. The monoisotopic (exact) mass is 404 g/mol. The Hall–Kier alpha value is -0.570. The third-order valence-electron chi connectivity index (χ3n) is 10.8. The normalized spacial score (nSPS) is 50.2. The average Bonchev–Trinajstić information content (AvgIpc) is 3.06. The second-order valence-corrected chi connectivity index (χ2v) is 11.9. The molecule has 1 unspecified atom stereocenters. The highest BCUT2D eigenvalue weighted by atomic mass is 16.5. The molecule has 0 heterocycles. The molecule has 0 bridgehead atoms. The number of carbonyl (C=O) groups is 1. The van der Waals surface area contributed by atoms with Crippen LogP contribution in [0.2, 0.25) is 0 Å². The molecule has 3 heteroatoms.